The minimum Gasteiger partial charge on any atom is -0.480 e. The number of thiophene rings is 1. The van der Waals surface area contributed by atoms with E-state index in [0.717, 1.165) is 24.8 Å². The van der Waals surface area contributed by atoms with Gasteiger partial charge < -0.3 is 20.8 Å². The Labute approximate surface area is 114 Å². The van der Waals surface area contributed by atoms with Crippen molar-refractivity contribution in [2.75, 3.05) is 6.61 Å². The summed E-state index contributed by atoms with van der Waals surface area (Å²) in [6, 6.07) is 0.0735. The Kier molecular flexibility index (Phi) is 4.39. The molecule has 2 atom stereocenters. The molecule has 7 heteroatoms. The average molecular weight is 284 g/mol. The maximum atomic E-state index is 11.7. The fraction of sp³-hybridized carbons (Fsp3) is 0.500. The molecule has 0 aromatic carbocycles. The number of rotatable bonds is 4. The second kappa shape index (κ2) is 6.03. The number of carboxylic acid groups (broad SMARTS) is 1. The zero-order valence-electron chi connectivity index (χ0n) is 10.3. The monoisotopic (exact) mass is 284 g/mol. The van der Waals surface area contributed by atoms with Crippen LogP contribution in [0.3, 0.4) is 0 Å². The van der Waals surface area contributed by atoms with E-state index in [1.807, 2.05) is 11.4 Å². The highest BCUT2D eigenvalue weighted by Gasteiger charge is 2.24. The first kappa shape index (κ1) is 13.8. The number of carbonyl (C=O) groups is 2. The summed E-state index contributed by atoms with van der Waals surface area (Å²) < 4.78 is 0. The number of aryl methyl sites for hydroxylation is 1. The van der Waals surface area contributed by atoms with E-state index in [-0.39, 0.29) is 6.04 Å². The molecular weight excluding hydrogens is 268 g/mol. The molecule has 1 heterocycles. The van der Waals surface area contributed by atoms with Crippen LogP contribution in [0.4, 0.5) is 4.79 Å². The molecule has 0 bridgehead atoms. The zero-order chi connectivity index (χ0) is 13.8. The molecule has 104 valence electrons. The molecule has 19 heavy (non-hydrogen) atoms. The smallest absolute Gasteiger partial charge is 0.328 e. The number of hydrogen-bond donors (Lipinski definition) is 4. The van der Waals surface area contributed by atoms with Crippen LogP contribution >= 0.6 is 11.3 Å². The molecular formula is C12H16N2O4S. The van der Waals surface area contributed by atoms with E-state index in [1.54, 1.807) is 11.3 Å². The summed E-state index contributed by atoms with van der Waals surface area (Å²) in [6.07, 6.45) is 2.87. The van der Waals surface area contributed by atoms with Crippen LogP contribution in [0.5, 0.6) is 0 Å². The maximum absolute atomic E-state index is 11.7. The van der Waals surface area contributed by atoms with Crippen LogP contribution in [0.15, 0.2) is 11.4 Å². The Morgan fingerprint density at radius 3 is 3.00 bits per heavy atom. The number of aliphatic hydroxyl groups is 1. The first-order valence-corrected chi connectivity index (χ1v) is 6.96. The van der Waals surface area contributed by atoms with Gasteiger partial charge in [0.05, 0.1) is 12.6 Å². The van der Waals surface area contributed by atoms with E-state index >= 15 is 0 Å². The Morgan fingerprint density at radius 1 is 1.53 bits per heavy atom. The molecule has 0 radical (unpaired) electrons. The topological polar surface area (TPSA) is 98.7 Å². The molecule has 0 saturated carbocycles. The van der Waals surface area contributed by atoms with Gasteiger partial charge in [-0.2, -0.15) is 0 Å². The number of fused-ring (bicyclic) bond motifs is 1. The zero-order valence-corrected chi connectivity index (χ0v) is 11.1. The lowest BCUT2D eigenvalue weighted by molar-refractivity contribution is -0.140. The molecule has 1 aliphatic rings. The van der Waals surface area contributed by atoms with E-state index in [4.69, 9.17) is 10.2 Å². The van der Waals surface area contributed by atoms with Crippen molar-refractivity contribution in [3.63, 3.8) is 0 Å². The molecule has 0 spiro atoms. The Balaban J connectivity index is 1.95. The third kappa shape index (κ3) is 3.24. The van der Waals surface area contributed by atoms with Gasteiger partial charge in [-0.1, -0.05) is 0 Å². The van der Waals surface area contributed by atoms with Crippen molar-refractivity contribution in [1.82, 2.24) is 10.6 Å². The molecule has 4 N–H and O–H groups in total. The summed E-state index contributed by atoms with van der Waals surface area (Å²) in [5.74, 6) is -1.25. The number of hydrogen-bond acceptors (Lipinski definition) is 4. The molecule has 6 nitrogen and oxygen atoms in total. The number of carbonyl (C=O) groups excluding carboxylic acids is 1. The summed E-state index contributed by atoms with van der Waals surface area (Å²) in [5.41, 5.74) is 1.11. The Hall–Kier alpha value is -1.60. The van der Waals surface area contributed by atoms with Crippen LogP contribution < -0.4 is 10.6 Å². The SMILES string of the molecule is O=C(NC1CCCc2sccc21)N[C@H](CO)C(=O)O. The van der Waals surface area contributed by atoms with Gasteiger partial charge in [-0.15, -0.1) is 11.3 Å². The molecule has 1 aromatic heterocycles. The fourth-order valence-electron chi connectivity index (χ4n) is 2.18. The van der Waals surface area contributed by atoms with Crippen molar-refractivity contribution in [3.05, 3.63) is 21.9 Å². The quantitative estimate of drug-likeness (QED) is 0.659. The number of aliphatic hydroxyl groups excluding tert-OH is 1. The van der Waals surface area contributed by atoms with Crippen LogP contribution in [-0.2, 0) is 11.2 Å². The van der Waals surface area contributed by atoms with Gasteiger partial charge in [0.2, 0.25) is 0 Å². The molecule has 0 aliphatic heterocycles. The summed E-state index contributed by atoms with van der Waals surface area (Å²) >= 11 is 1.67. The lowest BCUT2D eigenvalue weighted by Gasteiger charge is -2.24. The maximum Gasteiger partial charge on any atom is 0.328 e. The van der Waals surface area contributed by atoms with Crippen molar-refractivity contribution in [1.29, 1.82) is 0 Å². The summed E-state index contributed by atoms with van der Waals surface area (Å²) in [5, 5.41) is 24.6. The molecule has 1 unspecified atom stereocenters. The van der Waals surface area contributed by atoms with Crippen molar-refractivity contribution >= 4 is 23.3 Å². The van der Waals surface area contributed by atoms with Gasteiger partial charge in [0.25, 0.3) is 0 Å². The third-order valence-electron chi connectivity index (χ3n) is 3.14. The van der Waals surface area contributed by atoms with Crippen LogP contribution in [0.2, 0.25) is 0 Å². The number of nitrogens with one attached hydrogen (secondary N) is 2. The molecule has 1 aromatic rings. The van der Waals surface area contributed by atoms with Crippen LogP contribution in [0, 0.1) is 0 Å². The summed E-state index contributed by atoms with van der Waals surface area (Å²) in [4.78, 5) is 23.7. The lowest BCUT2D eigenvalue weighted by atomic mass is 9.94. The molecule has 0 fully saturated rings. The van der Waals surface area contributed by atoms with Gasteiger partial charge in [-0.25, -0.2) is 9.59 Å². The Morgan fingerprint density at radius 2 is 2.32 bits per heavy atom. The largest absolute Gasteiger partial charge is 0.480 e. The van der Waals surface area contributed by atoms with Crippen molar-refractivity contribution in [2.24, 2.45) is 0 Å². The average Bonchev–Trinajstić information content (AvgIpc) is 2.85. The van der Waals surface area contributed by atoms with Gasteiger partial charge in [0.1, 0.15) is 0 Å². The predicted molar refractivity (Wildman–Crippen MR) is 70.2 cm³/mol. The van der Waals surface area contributed by atoms with Gasteiger partial charge in [0, 0.05) is 4.88 Å². The second-order valence-electron chi connectivity index (χ2n) is 4.44. The lowest BCUT2D eigenvalue weighted by Crippen LogP contribution is -2.48. The highest BCUT2D eigenvalue weighted by Crippen LogP contribution is 2.33. The van der Waals surface area contributed by atoms with Crippen LogP contribution in [0.25, 0.3) is 0 Å². The van der Waals surface area contributed by atoms with Crippen molar-refractivity contribution < 1.29 is 19.8 Å². The van der Waals surface area contributed by atoms with E-state index in [0.29, 0.717) is 0 Å². The first-order valence-electron chi connectivity index (χ1n) is 6.08. The van der Waals surface area contributed by atoms with Gasteiger partial charge >= 0.3 is 12.0 Å². The fourth-order valence-corrected chi connectivity index (χ4v) is 3.17. The normalized spacial score (nSPS) is 19.3. The predicted octanol–water partition coefficient (Wildman–Crippen LogP) is 0.870. The van der Waals surface area contributed by atoms with Gasteiger partial charge in [0.15, 0.2) is 6.04 Å². The van der Waals surface area contributed by atoms with Crippen molar-refractivity contribution in [2.45, 2.75) is 31.3 Å². The molecule has 2 amide bonds. The van der Waals surface area contributed by atoms with E-state index in [2.05, 4.69) is 10.6 Å². The third-order valence-corrected chi connectivity index (χ3v) is 4.14. The first-order chi connectivity index (χ1) is 9.11. The molecule has 0 saturated heterocycles. The van der Waals surface area contributed by atoms with Crippen molar-refractivity contribution in [3.8, 4) is 0 Å². The highest BCUT2D eigenvalue weighted by molar-refractivity contribution is 7.10. The second-order valence-corrected chi connectivity index (χ2v) is 5.44. The minimum atomic E-state index is -1.27. The van der Waals surface area contributed by atoms with Gasteiger partial charge in [-0.05, 0) is 36.3 Å². The number of carboxylic acids is 1. The van der Waals surface area contributed by atoms with Crippen LogP contribution in [-0.4, -0.2) is 34.9 Å². The number of amides is 2. The highest BCUT2D eigenvalue weighted by atomic mass is 32.1. The van der Waals surface area contributed by atoms with E-state index < -0.39 is 24.6 Å². The molecule has 2 rings (SSSR count). The van der Waals surface area contributed by atoms with Gasteiger partial charge in [-0.3, -0.25) is 0 Å². The minimum absolute atomic E-state index is 0.0804. The Bertz CT molecular complexity index is 474. The standard InChI is InChI=1S/C12H16N2O4S/c15-6-9(11(16)17)14-12(18)13-8-2-1-3-10-7(8)4-5-19-10/h4-5,8-9,15H,1-3,6H2,(H,16,17)(H2,13,14,18)/t8?,9-/m1/s1. The summed E-state index contributed by atoms with van der Waals surface area (Å²) in [7, 11) is 0. The summed E-state index contributed by atoms with van der Waals surface area (Å²) in [6.45, 7) is -0.628. The van der Waals surface area contributed by atoms with Crippen LogP contribution in [0.1, 0.15) is 29.3 Å². The molecule has 1 aliphatic carbocycles. The van der Waals surface area contributed by atoms with E-state index in [9.17, 15) is 9.59 Å². The van der Waals surface area contributed by atoms with E-state index in [1.165, 1.54) is 4.88 Å². The number of aliphatic carboxylic acids is 1. The number of urea groups is 1.